The maximum atomic E-state index is 12.2. The molecule has 2 aromatic rings. The van der Waals surface area contributed by atoms with Crippen LogP contribution in [0.15, 0.2) is 39.5 Å². The first kappa shape index (κ1) is 18.9. The summed E-state index contributed by atoms with van der Waals surface area (Å²) in [7, 11) is 1.74. The number of nitrogens with zero attached hydrogens (tertiary/aromatic N) is 3. The predicted molar refractivity (Wildman–Crippen MR) is 96.8 cm³/mol. The van der Waals surface area contributed by atoms with E-state index >= 15 is 0 Å². The Balaban J connectivity index is 1.53. The first-order valence-electron chi connectivity index (χ1n) is 9.09. The number of carbonyl (C=O) groups is 2. The van der Waals surface area contributed by atoms with Crippen LogP contribution in [0, 0.1) is 0 Å². The molecule has 0 radical (unpaired) electrons. The van der Waals surface area contributed by atoms with Gasteiger partial charge < -0.3 is 14.1 Å². The van der Waals surface area contributed by atoms with Gasteiger partial charge in [0.15, 0.2) is 6.61 Å². The number of benzene rings is 1. The van der Waals surface area contributed by atoms with Crippen LogP contribution in [0.5, 0.6) is 0 Å². The van der Waals surface area contributed by atoms with Gasteiger partial charge in [0.25, 0.3) is 5.91 Å². The minimum Gasteiger partial charge on any atom is -0.454 e. The quantitative estimate of drug-likeness (QED) is 0.717. The molecule has 1 fully saturated rings. The average molecular weight is 373 g/mol. The Kier molecular flexibility index (Phi) is 6.05. The SMILES string of the molecule is CN(C(=O)COC(=O)Cn1nc(-c2ccccc2)oc1=O)C1CCCCC1. The number of ether oxygens (including phenoxy) is 1. The highest BCUT2D eigenvalue weighted by atomic mass is 16.5. The summed E-state index contributed by atoms with van der Waals surface area (Å²) >= 11 is 0. The lowest BCUT2D eigenvalue weighted by Crippen LogP contribution is -2.40. The van der Waals surface area contributed by atoms with Crippen LogP contribution >= 0.6 is 0 Å². The molecule has 3 rings (SSSR count). The third kappa shape index (κ3) is 4.84. The maximum Gasteiger partial charge on any atom is 0.437 e. The van der Waals surface area contributed by atoms with Crippen LogP contribution in [0.25, 0.3) is 11.5 Å². The summed E-state index contributed by atoms with van der Waals surface area (Å²) in [5.41, 5.74) is 0.631. The Morgan fingerprint density at radius 1 is 1.22 bits per heavy atom. The van der Waals surface area contributed by atoms with Gasteiger partial charge in [0.1, 0.15) is 6.54 Å². The van der Waals surface area contributed by atoms with Crippen LogP contribution in [0.3, 0.4) is 0 Å². The van der Waals surface area contributed by atoms with Crippen molar-refractivity contribution in [1.29, 1.82) is 0 Å². The Bertz CT molecular complexity index is 837. The van der Waals surface area contributed by atoms with Gasteiger partial charge in [-0.15, -0.1) is 5.10 Å². The summed E-state index contributed by atoms with van der Waals surface area (Å²) in [4.78, 5) is 37.7. The molecule has 144 valence electrons. The van der Waals surface area contributed by atoms with E-state index in [0.29, 0.717) is 5.56 Å². The van der Waals surface area contributed by atoms with E-state index in [1.54, 1.807) is 36.2 Å². The van der Waals surface area contributed by atoms with Crippen LogP contribution in [0.1, 0.15) is 32.1 Å². The molecule has 0 N–H and O–H groups in total. The van der Waals surface area contributed by atoms with Crippen LogP contribution < -0.4 is 5.76 Å². The molecule has 1 saturated carbocycles. The molecule has 0 spiro atoms. The van der Waals surface area contributed by atoms with Crippen LogP contribution in [0.2, 0.25) is 0 Å². The van der Waals surface area contributed by atoms with Crippen molar-refractivity contribution in [1.82, 2.24) is 14.7 Å². The van der Waals surface area contributed by atoms with Crippen LogP contribution in [0.4, 0.5) is 0 Å². The van der Waals surface area contributed by atoms with Crippen molar-refractivity contribution in [2.75, 3.05) is 13.7 Å². The van der Waals surface area contributed by atoms with Crippen molar-refractivity contribution in [2.45, 2.75) is 44.7 Å². The molecule has 8 nitrogen and oxygen atoms in total. The highest BCUT2D eigenvalue weighted by Gasteiger charge is 2.23. The standard InChI is InChI=1S/C19H23N3O5/c1-21(15-10-6-3-7-11-15)16(23)13-26-17(24)12-22-19(25)27-18(20-22)14-8-4-2-5-9-14/h2,4-5,8-9,15H,3,6-7,10-13H2,1H3. The second-order valence-corrected chi connectivity index (χ2v) is 6.65. The molecular weight excluding hydrogens is 350 g/mol. The van der Waals surface area contributed by atoms with Gasteiger partial charge in [-0.1, -0.05) is 37.5 Å². The molecule has 1 heterocycles. The van der Waals surface area contributed by atoms with Crippen molar-refractivity contribution in [2.24, 2.45) is 0 Å². The third-order valence-electron chi connectivity index (χ3n) is 4.78. The summed E-state index contributed by atoms with van der Waals surface area (Å²) in [6, 6.07) is 9.10. The predicted octanol–water partition coefficient (Wildman–Crippen LogP) is 1.84. The van der Waals surface area contributed by atoms with Crippen molar-refractivity contribution in [3.8, 4) is 11.5 Å². The molecule has 0 saturated heterocycles. The van der Waals surface area contributed by atoms with Crippen molar-refractivity contribution in [3.63, 3.8) is 0 Å². The fraction of sp³-hybridized carbons (Fsp3) is 0.474. The van der Waals surface area contributed by atoms with E-state index < -0.39 is 18.3 Å². The maximum absolute atomic E-state index is 12.2. The Hall–Kier alpha value is -2.90. The molecule has 0 atom stereocenters. The van der Waals surface area contributed by atoms with Crippen molar-refractivity contribution < 1.29 is 18.7 Å². The summed E-state index contributed by atoms with van der Waals surface area (Å²) in [5.74, 6) is -1.58. The topological polar surface area (TPSA) is 94.6 Å². The fourth-order valence-corrected chi connectivity index (χ4v) is 3.19. The van der Waals surface area contributed by atoms with E-state index in [1.807, 2.05) is 6.07 Å². The van der Waals surface area contributed by atoms with Crippen LogP contribution in [-0.4, -0.2) is 46.3 Å². The molecule has 27 heavy (non-hydrogen) atoms. The smallest absolute Gasteiger partial charge is 0.437 e. The number of hydrogen-bond acceptors (Lipinski definition) is 6. The normalized spacial score (nSPS) is 14.7. The van der Waals surface area contributed by atoms with E-state index in [9.17, 15) is 14.4 Å². The molecule has 1 aliphatic carbocycles. The number of hydrogen-bond donors (Lipinski definition) is 0. The zero-order valence-corrected chi connectivity index (χ0v) is 15.3. The molecule has 0 aliphatic heterocycles. The minimum atomic E-state index is -0.753. The summed E-state index contributed by atoms with van der Waals surface area (Å²) in [5, 5.41) is 4.00. The second kappa shape index (κ2) is 8.66. The zero-order valence-electron chi connectivity index (χ0n) is 15.3. The number of aromatic nitrogens is 2. The monoisotopic (exact) mass is 373 g/mol. The lowest BCUT2D eigenvalue weighted by molar-refractivity contribution is -0.153. The minimum absolute atomic E-state index is 0.126. The number of esters is 1. The number of carbonyl (C=O) groups excluding carboxylic acids is 2. The molecule has 8 heteroatoms. The Morgan fingerprint density at radius 3 is 2.63 bits per heavy atom. The van der Waals surface area contributed by atoms with Gasteiger partial charge in [-0.05, 0) is 25.0 Å². The van der Waals surface area contributed by atoms with E-state index in [0.717, 1.165) is 30.4 Å². The Morgan fingerprint density at radius 2 is 1.93 bits per heavy atom. The molecule has 0 bridgehead atoms. The number of likely N-dealkylation sites (N-methyl/N-ethyl adjacent to an activating group) is 1. The van der Waals surface area contributed by atoms with E-state index in [2.05, 4.69) is 5.10 Å². The average Bonchev–Trinajstić information content (AvgIpc) is 3.07. The summed E-state index contributed by atoms with van der Waals surface area (Å²) in [6.07, 6.45) is 5.38. The van der Waals surface area contributed by atoms with Gasteiger partial charge in [-0.3, -0.25) is 9.59 Å². The number of rotatable bonds is 6. The van der Waals surface area contributed by atoms with Gasteiger partial charge in [-0.25, -0.2) is 4.79 Å². The van der Waals surface area contributed by atoms with E-state index in [-0.39, 0.29) is 24.4 Å². The third-order valence-corrected chi connectivity index (χ3v) is 4.78. The lowest BCUT2D eigenvalue weighted by atomic mass is 9.94. The van der Waals surface area contributed by atoms with Gasteiger partial charge in [0.05, 0.1) is 0 Å². The highest BCUT2D eigenvalue weighted by Crippen LogP contribution is 2.21. The highest BCUT2D eigenvalue weighted by molar-refractivity contribution is 5.80. The first-order valence-corrected chi connectivity index (χ1v) is 9.09. The lowest BCUT2D eigenvalue weighted by Gasteiger charge is -2.31. The van der Waals surface area contributed by atoms with Gasteiger partial charge in [-0.2, -0.15) is 4.68 Å². The number of amides is 1. The van der Waals surface area contributed by atoms with Crippen molar-refractivity contribution >= 4 is 11.9 Å². The van der Waals surface area contributed by atoms with Gasteiger partial charge in [0, 0.05) is 18.7 Å². The van der Waals surface area contributed by atoms with Gasteiger partial charge >= 0.3 is 11.7 Å². The van der Waals surface area contributed by atoms with E-state index in [1.165, 1.54) is 6.42 Å². The van der Waals surface area contributed by atoms with Crippen molar-refractivity contribution in [3.05, 3.63) is 40.9 Å². The molecule has 1 amide bonds. The first-order chi connectivity index (χ1) is 13.0. The molecule has 1 aromatic heterocycles. The zero-order chi connectivity index (χ0) is 19.2. The van der Waals surface area contributed by atoms with Gasteiger partial charge in [0.2, 0.25) is 5.89 Å². The molecule has 0 unspecified atom stereocenters. The second-order valence-electron chi connectivity index (χ2n) is 6.65. The molecular formula is C19H23N3O5. The molecule has 1 aromatic carbocycles. The largest absolute Gasteiger partial charge is 0.454 e. The summed E-state index contributed by atoms with van der Waals surface area (Å²) < 4.78 is 11.0. The fourth-order valence-electron chi connectivity index (χ4n) is 3.19. The Labute approximate surface area is 156 Å². The summed E-state index contributed by atoms with van der Waals surface area (Å²) in [6.45, 7) is -0.750. The van der Waals surface area contributed by atoms with E-state index in [4.69, 9.17) is 9.15 Å². The molecule has 1 aliphatic rings. The van der Waals surface area contributed by atoms with Crippen LogP contribution in [-0.2, 0) is 20.9 Å².